The van der Waals surface area contributed by atoms with Crippen LogP contribution in [0.3, 0.4) is 0 Å². The van der Waals surface area contributed by atoms with Crippen molar-refractivity contribution in [1.29, 1.82) is 0 Å². The summed E-state index contributed by atoms with van der Waals surface area (Å²) in [5, 5.41) is 20.2. The number of nitrogens with zero attached hydrogens (tertiary/aromatic N) is 1. The van der Waals surface area contributed by atoms with Gasteiger partial charge in [0.05, 0.1) is 16.5 Å². The largest absolute Gasteiger partial charge is 0.351 e. The summed E-state index contributed by atoms with van der Waals surface area (Å²) >= 11 is 5.19. The molecule has 0 aliphatic carbocycles. The highest BCUT2D eigenvalue weighted by molar-refractivity contribution is 7.80. The molecule has 1 aliphatic rings. The first-order chi connectivity index (χ1) is 12.5. The topological polar surface area (TPSA) is 96.3 Å². The molecule has 8 heteroatoms. The van der Waals surface area contributed by atoms with Crippen LogP contribution in [0.5, 0.6) is 0 Å². The number of rotatable bonds is 4. The van der Waals surface area contributed by atoms with Crippen molar-refractivity contribution < 1.29 is 9.72 Å². The molecule has 7 nitrogen and oxygen atoms in total. The maximum absolute atomic E-state index is 12.9. The molecule has 0 spiro atoms. The van der Waals surface area contributed by atoms with Gasteiger partial charge in [0.15, 0.2) is 5.11 Å². The number of nitro groups is 1. The third-order valence-electron chi connectivity index (χ3n) is 3.96. The summed E-state index contributed by atoms with van der Waals surface area (Å²) < 4.78 is 0. The highest BCUT2D eigenvalue weighted by Gasteiger charge is 2.30. The van der Waals surface area contributed by atoms with Gasteiger partial charge in [0.1, 0.15) is 0 Å². The quantitative estimate of drug-likeness (QED) is 0.436. The standard InChI is InChI=1S/C18H16N4O3S/c1-11-15(17(23)20-13-7-3-2-4-8-13)16(21-18(26)19-11)12-6-5-9-14(10-12)22(24)25/h2-10,16H,1H3,(H,20,23)(H2,19,21,26)/t16-/m0/s1. The second-order valence-corrected chi connectivity index (χ2v) is 6.15. The lowest BCUT2D eigenvalue weighted by Crippen LogP contribution is -2.45. The van der Waals surface area contributed by atoms with E-state index in [1.54, 1.807) is 31.2 Å². The Hall–Kier alpha value is -3.26. The minimum atomic E-state index is -0.590. The average Bonchev–Trinajstić information content (AvgIpc) is 2.61. The Kier molecular flexibility index (Phi) is 4.94. The molecule has 0 aromatic heterocycles. The van der Waals surface area contributed by atoms with E-state index in [-0.39, 0.29) is 11.6 Å². The van der Waals surface area contributed by atoms with E-state index in [0.29, 0.717) is 27.6 Å². The third-order valence-corrected chi connectivity index (χ3v) is 4.18. The van der Waals surface area contributed by atoms with Gasteiger partial charge in [0, 0.05) is 23.5 Å². The van der Waals surface area contributed by atoms with Gasteiger partial charge >= 0.3 is 0 Å². The van der Waals surface area contributed by atoms with Crippen LogP contribution in [-0.4, -0.2) is 15.9 Å². The van der Waals surface area contributed by atoms with Crippen molar-refractivity contribution in [1.82, 2.24) is 10.6 Å². The molecule has 26 heavy (non-hydrogen) atoms. The number of carbonyl (C=O) groups excluding carboxylic acids is 1. The van der Waals surface area contributed by atoms with E-state index < -0.39 is 11.0 Å². The first-order valence-electron chi connectivity index (χ1n) is 7.85. The number of amides is 1. The maximum Gasteiger partial charge on any atom is 0.269 e. The number of hydrogen-bond donors (Lipinski definition) is 3. The Balaban J connectivity index is 1.98. The minimum absolute atomic E-state index is 0.0470. The molecule has 3 rings (SSSR count). The molecule has 1 heterocycles. The van der Waals surface area contributed by atoms with E-state index >= 15 is 0 Å². The van der Waals surface area contributed by atoms with Gasteiger partial charge in [-0.05, 0) is 36.8 Å². The number of carbonyl (C=O) groups is 1. The Morgan fingerprint density at radius 2 is 1.92 bits per heavy atom. The summed E-state index contributed by atoms with van der Waals surface area (Å²) in [5.74, 6) is -0.312. The smallest absolute Gasteiger partial charge is 0.269 e. The molecule has 2 aromatic carbocycles. The SMILES string of the molecule is CC1=C(C(=O)Nc2ccccc2)[C@H](c2cccc([N+](=O)[O-])c2)NC(=S)N1. The molecule has 1 aliphatic heterocycles. The van der Waals surface area contributed by atoms with Gasteiger partial charge in [-0.15, -0.1) is 0 Å². The second kappa shape index (κ2) is 7.32. The number of thiocarbonyl (C=S) groups is 1. The first-order valence-corrected chi connectivity index (χ1v) is 8.25. The van der Waals surface area contributed by atoms with Crippen LogP contribution >= 0.6 is 12.2 Å². The number of non-ortho nitro benzene ring substituents is 1. The highest BCUT2D eigenvalue weighted by Crippen LogP contribution is 2.29. The molecule has 0 bridgehead atoms. The fourth-order valence-corrected chi connectivity index (χ4v) is 3.05. The molecular weight excluding hydrogens is 352 g/mol. The zero-order valence-electron chi connectivity index (χ0n) is 13.9. The van der Waals surface area contributed by atoms with E-state index in [1.165, 1.54) is 12.1 Å². The van der Waals surface area contributed by atoms with Crippen LogP contribution in [0.4, 0.5) is 11.4 Å². The van der Waals surface area contributed by atoms with Gasteiger partial charge in [0.25, 0.3) is 11.6 Å². The lowest BCUT2D eigenvalue weighted by Gasteiger charge is -2.30. The lowest BCUT2D eigenvalue weighted by atomic mass is 9.94. The van der Waals surface area contributed by atoms with Crippen molar-refractivity contribution in [2.45, 2.75) is 13.0 Å². The average molecular weight is 368 g/mol. The van der Waals surface area contributed by atoms with Gasteiger partial charge < -0.3 is 16.0 Å². The van der Waals surface area contributed by atoms with Crippen molar-refractivity contribution >= 4 is 34.6 Å². The Bertz CT molecular complexity index is 912. The number of hydrogen-bond acceptors (Lipinski definition) is 4. The molecule has 0 saturated heterocycles. The normalized spacial score (nSPS) is 16.5. The number of allylic oxidation sites excluding steroid dienone is 1. The molecule has 132 valence electrons. The van der Waals surface area contributed by atoms with Crippen LogP contribution in [0.1, 0.15) is 18.5 Å². The van der Waals surface area contributed by atoms with Crippen molar-refractivity contribution in [2.24, 2.45) is 0 Å². The summed E-state index contributed by atoms with van der Waals surface area (Å²) in [6.07, 6.45) is 0. The van der Waals surface area contributed by atoms with Gasteiger partial charge in [-0.1, -0.05) is 30.3 Å². The van der Waals surface area contributed by atoms with Crippen molar-refractivity contribution in [2.75, 3.05) is 5.32 Å². The van der Waals surface area contributed by atoms with E-state index in [2.05, 4.69) is 16.0 Å². The van der Waals surface area contributed by atoms with Gasteiger partial charge in [-0.3, -0.25) is 14.9 Å². The first kappa shape index (κ1) is 17.6. The number of benzene rings is 2. The van der Waals surface area contributed by atoms with E-state index in [9.17, 15) is 14.9 Å². The molecule has 1 atom stereocenters. The number of nitro benzene ring substituents is 1. The molecule has 0 saturated carbocycles. The van der Waals surface area contributed by atoms with Crippen molar-refractivity contribution in [3.05, 3.63) is 81.5 Å². The van der Waals surface area contributed by atoms with Crippen molar-refractivity contribution in [3.8, 4) is 0 Å². The van der Waals surface area contributed by atoms with E-state index in [0.717, 1.165) is 0 Å². The predicted molar refractivity (Wildman–Crippen MR) is 102 cm³/mol. The molecule has 1 amide bonds. The fraction of sp³-hybridized carbons (Fsp3) is 0.111. The summed E-state index contributed by atoms with van der Waals surface area (Å²) in [6, 6.07) is 14.6. The second-order valence-electron chi connectivity index (χ2n) is 5.74. The third kappa shape index (κ3) is 3.70. The van der Waals surface area contributed by atoms with Gasteiger partial charge in [-0.25, -0.2) is 0 Å². The van der Waals surface area contributed by atoms with E-state index in [4.69, 9.17) is 12.2 Å². The molecule has 2 aromatic rings. The summed E-state index contributed by atoms with van der Waals surface area (Å²) in [5.41, 5.74) is 2.21. The Morgan fingerprint density at radius 1 is 1.19 bits per heavy atom. The monoisotopic (exact) mass is 368 g/mol. The summed E-state index contributed by atoms with van der Waals surface area (Å²) in [7, 11) is 0. The van der Waals surface area contributed by atoms with Crippen molar-refractivity contribution in [3.63, 3.8) is 0 Å². The molecule has 0 unspecified atom stereocenters. The molecule has 0 fully saturated rings. The zero-order chi connectivity index (χ0) is 18.7. The number of para-hydroxylation sites is 1. The van der Waals surface area contributed by atoms with Crippen LogP contribution in [-0.2, 0) is 4.79 Å². The predicted octanol–water partition coefficient (Wildman–Crippen LogP) is 3.03. The summed E-state index contributed by atoms with van der Waals surface area (Å²) in [4.78, 5) is 23.5. The molecule has 0 radical (unpaired) electrons. The maximum atomic E-state index is 12.9. The highest BCUT2D eigenvalue weighted by atomic mass is 32.1. The summed E-state index contributed by atoms with van der Waals surface area (Å²) in [6.45, 7) is 1.75. The van der Waals surface area contributed by atoms with Crippen LogP contribution in [0.2, 0.25) is 0 Å². The van der Waals surface area contributed by atoms with Crippen LogP contribution < -0.4 is 16.0 Å². The van der Waals surface area contributed by atoms with Crippen LogP contribution in [0.25, 0.3) is 0 Å². The Morgan fingerprint density at radius 3 is 2.62 bits per heavy atom. The Labute approximate surface area is 155 Å². The molecular formula is C18H16N4O3S. The zero-order valence-corrected chi connectivity index (χ0v) is 14.7. The fourth-order valence-electron chi connectivity index (χ4n) is 2.78. The van der Waals surface area contributed by atoms with Crippen LogP contribution in [0.15, 0.2) is 65.9 Å². The van der Waals surface area contributed by atoms with E-state index in [1.807, 2.05) is 18.2 Å². The minimum Gasteiger partial charge on any atom is -0.351 e. The van der Waals surface area contributed by atoms with Gasteiger partial charge in [-0.2, -0.15) is 0 Å². The molecule has 3 N–H and O–H groups in total. The number of nitrogens with one attached hydrogen (secondary N) is 3. The van der Waals surface area contributed by atoms with Gasteiger partial charge in [0.2, 0.25) is 0 Å². The lowest BCUT2D eigenvalue weighted by molar-refractivity contribution is -0.384. The van der Waals surface area contributed by atoms with Crippen LogP contribution in [0, 0.1) is 10.1 Å². The number of anilines is 1.